The van der Waals surface area contributed by atoms with E-state index in [2.05, 4.69) is 5.32 Å². The van der Waals surface area contributed by atoms with Crippen molar-refractivity contribution in [3.05, 3.63) is 100 Å². The Kier molecular flexibility index (Phi) is 9.95. The molecule has 0 fully saturated rings. The van der Waals surface area contributed by atoms with E-state index in [1.54, 1.807) is 11.0 Å². The number of rotatable bonds is 11. The van der Waals surface area contributed by atoms with Crippen molar-refractivity contribution < 1.29 is 14.3 Å². The molecule has 0 heterocycles. The summed E-state index contributed by atoms with van der Waals surface area (Å²) in [4.78, 5) is 28.7. The zero-order valence-corrected chi connectivity index (χ0v) is 22.2. The predicted molar refractivity (Wildman–Crippen MR) is 145 cm³/mol. The lowest BCUT2D eigenvalue weighted by Gasteiger charge is -2.32. The van der Waals surface area contributed by atoms with Crippen LogP contribution >= 0.6 is 11.6 Å². The fourth-order valence-electron chi connectivity index (χ4n) is 3.87. The summed E-state index contributed by atoms with van der Waals surface area (Å²) in [6, 6.07) is 22.3. The lowest BCUT2D eigenvalue weighted by atomic mass is 10.0. The van der Waals surface area contributed by atoms with E-state index in [1.807, 2.05) is 94.4 Å². The van der Waals surface area contributed by atoms with Crippen molar-refractivity contribution in [3.8, 4) is 5.75 Å². The summed E-state index contributed by atoms with van der Waals surface area (Å²) in [7, 11) is 0. The van der Waals surface area contributed by atoms with Gasteiger partial charge in [-0.3, -0.25) is 9.59 Å². The summed E-state index contributed by atoms with van der Waals surface area (Å²) in [5.41, 5.74) is 3.73. The van der Waals surface area contributed by atoms with Gasteiger partial charge < -0.3 is 15.0 Å². The quantitative estimate of drug-likeness (QED) is 0.360. The normalized spacial score (nSPS) is 11.7. The van der Waals surface area contributed by atoms with Gasteiger partial charge in [-0.2, -0.15) is 0 Å². The van der Waals surface area contributed by atoms with Crippen LogP contribution in [0.3, 0.4) is 0 Å². The highest BCUT2D eigenvalue weighted by atomic mass is 35.5. The molecule has 2 amide bonds. The molecule has 5 nitrogen and oxygen atoms in total. The molecule has 190 valence electrons. The number of benzene rings is 3. The minimum atomic E-state index is -0.725. The Morgan fingerprint density at radius 3 is 2.36 bits per heavy atom. The fraction of sp³-hybridized carbons (Fsp3) is 0.333. The van der Waals surface area contributed by atoms with E-state index in [0.29, 0.717) is 23.7 Å². The molecule has 0 saturated heterocycles. The highest BCUT2D eigenvalue weighted by molar-refractivity contribution is 6.31. The number of carbonyl (C=O) groups excluding carboxylic acids is 2. The van der Waals surface area contributed by atoms with Gasteiger partial charge in [0.2, 0.25) is 5.91 Å². The second-order valence-electron chi connectivity index (χ2n) is 9.52. The van der Waals surface area contributed by atoms with Gasteiger partial charge >= 0.3 is 0 Å². The number of nitrogens with zero attached hydrogens (tertiary/aromatic N) is 1. The average molecular weight is 507 g/mol. The molecule has 0 unspecified atom stereocenters. The van der Waals surface area contributed by atoms with Crippen LogP contribution in [0.15, 0.2) is 72.8 Å². The maximum atomic E-state index is 13.7. The first kappa shape index (κ1) is 27.3. The van der Waals surface area contributed by atoms with Crippen LogP contribution in [0, 0.1) is 19.8 Å². The largest absolute Gasteiger partial charge is 0.483 e. The van der Waals surface area contributed by atoms with Gasteiger partial charge in [-0.05, 0) is 54.2 Å². The van der Waals surface area contributed by atoms with Gasteiger partial charge in [0.05, 0.1) is 0 Å². The first-order valence-electron chi connectivity index (χ1n) is 12.3. The smallest absolute Gasteiger partial charge is 0.261 e. The van der Waals surface area contributed by atoms with Gasteiger partial charge in [0.25, 0.3) is 5.91 Å². The van der Waals surface area contributed by atoms with Crippen molar-refractivity contribution >= 4 is 23.4 Å². The third kappa shape index (κ3) is 7.85. The molecule has 0 bridgehead atoms. The highest BCUT2D eigenvalue weighted by Gasteiger charge is 2.31. The molecule has 0 spiro atoms. The molecule has 0 aromatic heterocycles. The summed E-state index contributed by atoms with van der Waals surface area (Å²) in [6.07, 6.45) is 0.379. The maximum absolute atomic E-state index is 13.7. The van der Waals surface area contributed by atoms with E-state index >= 15 is 0 Å². The molecule has 0 radical (unpaired) electrons. The first-order valence-corrected chi connectivity index (χ1v) is 12.7. The molecule has 3 aromatic rings. The Hall–Kier alpha value is -3.31. The molecule has 1 atom stereocenters. The molecular weight excluding hydrogens is 472 g/mol. The van der Waals surface area contributed by atoms with Crippen LogP contribution < -0.4 is 10.1 Å². The number of nitrogens with one attached hydrogen (secondary N) is 1. The minimum absolute atomic E-state index is 0.183. The van der Waals surface area contributed by atoms with E-state index in [0.717, 1.165) is 22.3 Å². The summed E-state index contributed by atoms with van der Waals surface area (Å²) >= 11 is 6.46. The summed E-state index contributed by atoms with van der Waals surface area (Å²) in [5.74, 6) is 0.465. The third-order valence-corrected chi connectivity index (χ3v) is 6.32. The number of carbonyl (C=O) groups is 2. The summed E-state index contributed by atoms with van der Waals surface area (Å²) in [5, 5.41) is 3.57. The van der Waals surface area contributed by atoms with Crippen molar-refractivity contribution in [2.45, 2.75) is 46.7 Å². The zero-order valence-electron chi connectivity index (χ0n) is 21.5. The molecule has 0 aliphatic carbocycles. The maximum Gasteiger partial charge on any atom is 0.261 e. The Balaban J connectivity index is 1.93. The number of hydrogen-bond donors (Lipinski definition) is 1. The van der Waals surface area contributed by atoms with Crippen LogP contribution in [0.1, 0.15) is 36.1 Å². The number of halogens is 1. The number of aryl methyl sites for hydroxylation is 2. The van der Waals surface area contributed by atoms with Gasteiger partial charge in [-0.25, -0.2) is 0 Å². The number of ether oxygens (including phenoxy) is 1. The van der Waals surface area contributed by atoms with Crippen LogP contribution in [0.2, 0.25) is 5.02 Å². The molecule has 6 heteroatoms. The topological polar surface area (TPSA) is 58.6 Å². The molecule has 1 N–H and O–H groups in total. The van der Waals surface area contributed by atoms with E-state index in [4.69, 9.17) is 16.3 Å². The number of hydrogen-bond acceptors (Lipinski definition) is 3. The molecule has 0 aliphatic heterocycles. The van der Waals surface area contributed by atoms with Crippen LogP contribution in [-0.2, 0) is 22.6 Å². The predicted octanol–water partition coefficient (Wildman–Crippen LogP) is 5.75. The molecule has 36 heavy (non-hydrogen) atoms. The van der Waals surface area contributed by atoms with Crippen LogP contribution in [0.4, 0.5) is 0 Å². The van der Waals surface area contributed by atoms with Gasteiger partial charge in [-0.15, -0.1) is 0 Å². The van der Waals surface area contributed by atoms with Gasteiger partial charge in [0, 0.05) is 24.5 Å². The molecule has 0 saturated carbocycles. The Bertz CT molecular complexity index is 1160. The molecule has 0 aliphatic rings. The monoisotopic (exact) mass is 506 g/mol. The van der Waals surface area contributed by atoms with Crippen molar-refractivity contribution in [2.24, 2.45) is 5.92 Å². The minimum Gasteiger partial charge on any atom is -0.483 e. The third-order valence-electron chi connectivity index (χ3n) is 5.95. The van der Waals surface area contributed by atoms with Crippen molar-refractivity contribution in [1.82, 2.24) is 10.2 Å². The number of amides is 2. The van der Waals surface area contributed by atoms with Crippen LogP contribution in [0.5, 0.6) is 5.75 Å². The van der Waals surface area contributed by atoms with Crippen molar-refractivity contribution in [3.63, 3.8) is 0 Å². The van der Waals surface area contributed by atoms with Crippen molar-refractivity contribution in [1.29, 1.82) is 0 Å². The fourth-order valence-corrected chi connectivity index (χ4v) is 4.07. The standard InChI is InChI=1S/C30H35ClN2O3/c1-21(2)18-32-30(35)27(17-24-10-6-5-7-11-24)33(19-25-12-8-9-13-26(25)31)29(34)20-36-28-16-22(3)14-15-23(28)4/h5-16,21,27H,17-20H2,1-4H3,(H,32,35)/t27-/m1/s1. The summed E-state index contributed by atoms with van der Waals surface area (Å²) in [6.45, 7) is 8.54. The SMILES string of the molecule is Cc1ccc(C)c(OCC(=O)N(Cc2ccccc2Cl)[C@H](Cc2ccccc2)C(=O)NCC(C)C)c1. The second-order valence-corrected chi connectivity index (χ2v) is 9.92. The van der Waals surface area contributed by atoms with Crippen LogP contribution in [0.25, 0.3) is 0 Å². The zero-order chi connectivity index (χ0) is 26.1. The Morgan fingerprint density at radius 1 is 0.972 bits per heavy atom. The van der Waals surface area contributed by atoms with Gasteiger partial charge in [0.1, 0.15) is 11.8 Å². The molecular formula is C30H35ClN2O3. The van der Waals surface area contributed by atoms with E-state index in [9.17, 15) is 9.59 Å². The van der Waals surface area contributed by atoms with E-state index in [1.165, 1.54) is 0 Å². The molecule has 3 aromatic carbocycles. The van der Waals surface area contributed by atoms with Gasteiger partial charge in [-0.1, -0.05) is 86.1 Å². The van der Waals surface area contributed by atoms with Gasteiger partial charge in [0.15, 0.2) is 6.61 Å². The Labute approximate surface area is 219 Å². The lowest BCUT2D eigenvalue weighted by Crippen LogP contribution is -2.52. The molecule has 3 rings (SSSR count). The first-order chi connectivity index (χ1) is 17.2. The average Bonchev–Trinajstić information content (AvgIpc) is 2.86. The summed E-state index contributed by atoms with van der Waals surface area (Å²) < 4.78 is 5.95. The Morgan fingerprint density at radius 2 is 1.67 bits per heavy atom. The second kappa shape index (κ2) is 13.1. The van der Waals surface area contributed by atoms with Crippen molar-refractivity contribution in [2.75, 3.05) is 13.2 Å². The lowest BCUT2D eigenvalue weighted by molar-refractivity contribution is -0.142. The van der Waals surface area contributed by atoms with E-state index < -0.39 is 6.04 Å². The van der Waals surface area contributed by atoms with Crippen LogP contribution in [-0.4, -0.2) is 35.9 Å². The van der Waals surface area contributed by atoms with E-state index in [-0.39, 0.29) is 30.9 Å². The highest BCUT2D eigenvalue weighted by Crippen LogP contribution is 2.22.